The summed E-state index contributed by atoms with van der Waals surface area (Å²) in [7, 11) is 0. The van der Waals surface area contributed by atoms with Gasteiger partial charge in [0.25, 0.3) is 11.5 Å². The van der Waals surface area contributed by atoms with Crippen LogP contribution < -0.4 is 16.3 Å². The van der Waals surface area contributed by atoms with Gasteiger partial charge in [0.1, 0.15) is 0 Å². The molecule has 0 spiro atoms. The van der Waals surface area contributed by atoms with Gasteiger partial charge < -0.3 is 5.32 Å². The average Bonchev–Trinajstić information content (AvgIpc) is 3.00. The highest BCUT2D eigenvalue weighted by Gasteiger charge is 2.15. The minimum atomic E-state index is -0.369. The first-order valence-corrected chi connectivity index (χ1v) is 14.4. The van der Waals surface area contributed by atoms with Crippen molar-refractivity contribution >= 4 is 57.5 Å². The van der Waals surface area contributed by atoms with E-state index in [1.54, 1.807) is 78.2 Å². The number of nitrogens with zero attached hydrogens (tertiary/aromatic N) is 3. The standard InChI is InChI=1S/C32H26ClN5O3S/c1-20-10-16-26(17-11-20)38-31(41)27-8-3-4-9-28(27)35-32(38)42-19-29(39)34-25-14-12-22(13-15-25)21(2)36-37-30(40)23-6-5-7-24(33)18-23/h3-18H,19H2,1-2H3,(H,34,39)(H,37,40)/b36-21+. The Balaban J connectivity index is 1.25. The van der Waals surface area contributed by atoms with Crippen LogP contribution in [0.3, 0.4) is 0 Å². The molecule has 0 atom stereocenters. The molecule has 0 aliphatic rings. The van der Waals surface area contributed by atoms with E-state index in [-0.39, 0.29) is 23.1 Å². The Hall–Kier alpha value is -4.73. The zero-order valence-corrected chi connectivity index (χ0v) is 24.4. The number of hydrogen-bond donors (Lipinski definition) is 2. The fourth-order valence-electron chi connectivity index (χ4n) is 4.15. The molecule has 0 aliphatic carbocycles. The molecule has 210 valence electrons. The number of aromatic nitrogens is 2. The van der Waals surface area contributed by atoms with Crippen molar-refractivity contribution in [2.45, 2.75) is 19.0 Å². The van der Waals surface area contributed by atoms with Gasteiger partial charge in [-0.3, -0.25) is 19.0 Å². The zero-order chi connectivity index (χ0) is 29.6. The summed E-state index contributed by atoms with van der Waals surface area (Å²) in [6, 6.07) is 28.5. The molecule has 0 fully saturated rings. The third-order valence-electron chi connectivity index (χ3n) is 6.37. The first-order valence-electron chi connectivity index (χ1n) is 13.0. The van der Waals surface area contributed by atoms with Crippen molar-refractivity contribution in [2.24, 2.45) is 5.10 Å². The molecule has 0 aliphatic heterocycles. The second-order valence-corrected chi connectivity index (χ2v) is 10.8. The van der Waals surface area contributed by atoms with Crippen LogP contribution in [0, 0.1) is 6.92 Å². The predicted molar refractivity (Wildman–Crippen MR) is 169 cm³/mol. The van der Waals surface area contributed by atoms with Gasteiger partial charge in [-0.25, -0.2) is 10.4 Å². The topological polar surface area (TPSA) is 105 Å². The number of anilines is 1. The molecule has 0 saturated heterocycles. The van der Waals surface area contributed by atoms with Gasteiger partial charge >= 0.3 is 0 Å². The van der Waals surface area contributed by atoms with Gasteiger partial charge in [0.05, 0.1) is 28.1 Å². The summed E-state index contributed by atoms with van der Waals surface area (Å²) in [5.74, 6) is -0.564. The van der Waals surface area contributed by atoms with Crippen LogP contribution in [0.15, 0.2) is 112 Å². The molecule has 4 aromatic carbocycles. The Morgan fingerprint density at radius 2 is 1.67 bits per heavy atom. The van der Waals surface area contributed by atoms with Crippen molar-refractivity contribution in [3.63, 3.8) is 0 Å². The Kier molecular flexibility index (Phi) is 8.80. The number of halogens is 1. The number of rotatable bonds is 8. The molecule has 8 nitrogen and oxygen atoms in total. The van der Waals surface area contributed by atoms with Gasteiger partial charge in [-0.15, -0.1) is 0 Å². The molecule has 0 bridgehead atoms. The lowest BCUT2D eigenvalue weighted by Crippen LogP contribution is -2.23. The number of aryl methyl sites for hydroxylation is 1. The van der Waals surface area contributed by atoms with E-state index in [4.69, 9.17) is 16.6 Å². The van der Waals surface area contributed by atoms with Crippen molar-refractivity contribution in [3.8, 4) is 5.69 Å². The van der Waals surface area contributed by atoms with E-state index in [0.717, 1.165) is 11.1 Å². The number of fused-ring (bicyclic) bond motifs is 1. The van der Waals surface area contributed by atoms with Crippen LogP contribution in [0.4, 0.5) is 5.69 Å². The SMILES string of the molecule is C/C(=N\NC(=O)c1cccc(Cl)c1)c1ccc(NC(=O)CSc2nc3ccccc3c(=O)n2-c2ccc(C)cc2)cc1. The van der Waals surface area contributed by atoms with Crippen molar-refractivity contribution in [1.82, 2.24) is 15.0 Å². The van der Waals surface area contributed by atoms with Crippen molar-refractivity contribution in [2.75, 3.05) is 11.1 Å². The number of hydrogen-bond acceptors (Lipinski definition) is 6. The largest absolute Gasteiger partial charge is 0.325 e. The Morgan fingerprint density at radius 3 is 2.40 bits per heavy atom. The number of benzene rings is 4. The maximum atomic E-state index is 13.4. The lowest BCUT2D eigenvalue weighted by Gasteiger charge is -2.13. The van der Waals surface area contributed by atoms with E-state index in [1.165, 1.54) is 11.8 Å². The minimum Gasteiger partial charge on any atom is -0.325 e. The highest BCUT2D eigenvalue weighted by atomic mass is 35.5. The molecular formula is C32H26ClN5O3S. The summed E-state index contributed by atoms with van der Waals surface area (Å²) in [4.78, 5) is 43.3. The quantitative estimate of drug-likeness (QED) is 0.0957. The number of carbonyl (C=O) groups is 2. The number of nitrogens with one attached hydrogen (secondary N) is 2. The van der Waals surface area contributed by atoms with E-state index >= 15 is 0 Å². The third-order valence-corrected chi connectivity index (χ3v) is 7.54. The van der Waals surface area contributed by atoms with Gasteiger partial charge in [-0.1, -0.05) is 71.4 Å². The molecule has 1 aromatic heterocycles. The first-order chi connectivity index (χ1) is 20.3. The molecule has 10 heteroatoms. The van der Waals surface area contributed by atoms with E-state index in [9.17, 15) is 14.4 Å². The van der Waals surface area contributed by atoms with Gasteiger partial charge in [0.2, 0.25) is 5.91 Å². The molecule has 1 heterocycles. The Bertz CT molecular complexity index is 1870. The smallest absolute Gasteiger partial charge is 0.271 e. The molecule has 0 saturated carbocycles. The molecule has 5 aromatic rings. The van der Waals surface area contributed by atoms with Gasteiger partial charge in [0.15, 0.2) is 5.16 Å². The zero-order valence-electron chi connectivity index (χ0n) is 22.8. The first kappa shape index (κ1) is 28.8. The molecule has 2 N–H and O–H groups in total. The fourth-order valence-corrected chi connectivity index (χ4v) is 5.15. The summed E-state index contributed by atoms with van der Waals surface area (Å²) < 4.78 is 1.54. The van der Waals surface area contributed by atoms with Crippen molar-refractivity contribution in [3.05, 3.63) is 129 Å². The lowest BCUT2D eigenvalue weighted by molar-refractivity contribution is -0.113. The van der Waals surface area contributed by atoms with Gasteiger partial charge in [0, 0.05) is 16.3 Å². The lowest BCUT2D eigenvalue weighted by atomic mass is 10.1. The summed E-state index contributed by atoms with van der Waals surface area (Å²) in [6.07, 6.45) is 0. The molecule has 42 heavy (non-hydrogen) atoms. The molecule has 5 rings (SSSR count). The van der Waals surface area contributed by atoms with Crippen LogP contribution >= 0.6 is 23.4 Å². The number of para-hydroxylation sites is 1. The second-order valence-electron chi connectivity index (χ2n) is 9.45. The summed E-state index contributed by atoms with van der Waals surface area (Å²) >= 11 is 7.14. The number of thioether (sulfide) groups is 1. The Labute approximate surface area is 251 Å². The van der Waals surface area contributed by atoms with E-state index in [1.807, 2.05) is 37.3 Å². The van der Waals surface area contributed by atoms with Gasteiger partial charge in [-0.05, 0) is 74.0 Å². The highest BCUT2D eigenvalue weighted by molar-refractivity contribution is 7.99. The van der Waals surface area contributed by atoms with E-state index < -0.39 is 0 Å². The Morgan fingerprint density at radius 1 is 0.929 bits per heavy atom. The second kappa shape index (κ2) is 12.8. The fraction of sp³-hybridized carbons (Fsp3) is 0.0938. The molecule has 2 amide bonds. The van der Waals surface area contributed by atoms with Crippen molar-refractivity contribution < 1.29 is 9.59 Å². The van der Waals surface area contributed by atoms with E-state index in [0.29, 0.717) is 43.7 Å². The normalized spacial score (nSPS) is 11.4. The van der Waals surface area contributed by atoms with Crippen LogP contribution in [-0.4, -0.2) is 32.8 Å². The maximum absolute atomic E-state index is 13.4. The van der Waals surface area contributed by atoms with Gasteiger partial charge in [-0.2, -0.15) is 5.10 Å². The van der Waals surface area contributed by atoms with Crippen LogP contribution in [-0.2, 0) is 4.79 Å². The monoisotopic (exact) mass is 595 g/mol. The number of carbonyl (C=O) groups excluding carboxylic acids is 2. The predicted octanol–water partition coefficient (Wildman–Crippen LogP) is 6.23. The van der Waals surface area contributed by atoms with Crippen LogP contribution in [0.25, 0.3) is 16.6 Å². The summed E-state index contributed by atoms with van der Waals surface area (Å²) in [5, 5.41) is 8.45. The highest BCUT2D eigenvalue weighted by Crippen LogP contribution is 2.22. The third kappa shape index (κ3) is 6.76. The number of amides is 2. The summed E-state index contributed by atoms with van der Waals surface area (Å²) in [6.45, 7) is 3.75. The molecule has 0 unspecified atom stereocenters. The van der Waals surface area contributed by atoms with Crippen LogP contribution in [0.5, 0.6) is 0 Å². The number of hydrazone groups is 1. The molecule has 0 radical (unpaired) electrons. The van der Waals surface area contributed by atoms with Crippen LogP contribution in [0.2, 0.25) is 5.02 Å². The van der Waals surface area contributed by atoms with Crippen molar-refractivity contribution in [1.29, 1.82) is 0 Å². The molecular weight excluding hydrogens is 570 g/mol. The minimum absolute atomic E-state index is 0.0500. The summed E-state index contributed by atoms with van der Waals surface area (Å²) in [5.41, 5.74) is 7.04. The van der Waals surface area contributed by atoms with Crippen LogP contribution in [0.1, 0.15) is 28.4 Å². The van der Waals surface area contributed by atoms with E-state index in [2.05, 4.69) is 15.8 Å². The average molecular weight is 596 g/mol. The maximum Gasteiger partial charge on any atom is 0.271 e.